The zero-order chi connectivity index (χ0) is 11.6. The summed E-state index contributed by atoms with van der Waals surface area (Å²) in [4.78, 5) is 0. The molecule has 0 saturated heterocycles. The lowest BCUT2D eigenvalue weighted by molar-refractivity contribution is 0.154. The van der Waals surface area contributed by atoms with Crippen LogP contribution in [0.1, 0.15) is 6.92 Å². The Kier molecular flexibility index (Phi) is 4.08. The Balaban J connectivity index is 3.13. The van der Waals surface area contributed by atoms with Crippen molar-refractivity contribution in [2.45, 2.75) is 12.5 Å². The minimum Gasteiger partial charge on any atom is -0.382 e. The molecule has 0 bridgehead atoms. The van der Waals surface area contributed by atoms with Gasteiger partial charge in [-0.1, -0.05) is 0 Å². The van der Waals surface area contributed by atoms with Crippen molar-refractivity contribution < 1.29 is 14.6 Å². The predicted molar refractivity (Wildman–Crippen MR) is 59.9 cm³/mol. The number of methoxy groups -OCH3 is 2. The van der Waals surface area contributed by atoms with Gasteiger partial charge in [0.25, 0.3) is 0 Å². The van der Waals surface area contributed by atoms with Crippen molar-refractivity contribution in [3.63, 3.8) is 0 Å². The second-order valence-electron chi connectivity index (χ2n) is 3.65. The van der Waals surface area contributed by atoms with Gasteiger partial charge >= 0.3 is 0 Å². The molecule has 0 saturated carbocycles. The largest absolute Gasteiger partial charge is 0.382 e. The Bertz CT molecular complexity index is 289. The number of ether oxygens (including phenoxy) is 2. The minimum absolute atomic E-state index is 0.446. The summed E-state index contributed by atoms with van der Waals surface area (Å²) in [5.41, 5.74) is 0.854. The van der Waals surface area contributed by atoms with Crippen molar-refractivity contribution in [3.8, 4) is 0 Å². The van der Waals surface area contributed by atoms with Crippen LogP contribution in [0.5, 0.6) is 0 Å². The average Bonchev–Trinajstić information content (AvgIpc) is 2.33. The Labute approximate surface area is 97.0 Å². The molecular weight excluding hydrogens is 224 g/mol. The second kappa shape index (κ2) is 4.75. The van der Waals surface area contributed by atoms with Crippen LogP contribution in [-0.2, 0) is 9.47 Å². The first-order chi connectivity index (χ1) is 6.96. The molecule has 0 aromatic rings. The molecule has 0 aromatic heterocycles. The lowest BCUT2D eigenvalue weighted by atomic mass is 10.1. The molecule has 80 valence electrons. The standard InChI is InChI=1S/C10H14O3Si2/c1-10(11)8(14)6(4-12-2)7(5-13-3)9(10)15/h11H,4-5H2,1-3H3. The number of hydrogen-bond donors (Lipinski definition) is 1. The first-order valence-electron chi connectivity index (χ1n) is 4.57. The zero-order valence-corrected chi connectivity index (χ0v) is 11.2. The summed E-state index contributed by atoms with van der Waals surface area (Å²) in [6.07, 6.45) is 0. The molecule has 15 heavy (non-hydrogen) atoms. The van der Waals surface area contributed by atoms with Gasteiger partial charge in [-0.05, 0) is 28.5 Å². The van der Waals surface area contributed by atoms with E-state index in [0.717, 1.165) is 21.5 Å². The van der Waals surface area contributed by atoms with E-state index in [0.29, 0.717) is 13.2 Å². The van der Waals surface area contributed by atoms with Gasteiger partial charge in [-0.3, -0.25) is 0 Å². The molecule has 0 aromatic carbocycles. The molecule has 1 rings (SSSR count). The summed E-state index contributed by atoms with van der Waals surface area (Å²) >= 11 is 0. The van der Waals surface area contributed by atoms with Gasteiger partial charge in [-0.15, -0.1) is 0 Å². The van der Waals surface area contributed by atoms with E-state index in [2.05, 4.69) is 20.5 Å². The van der Waals surface area contributed by atoms with Crippen molar-refractivity contribution in [2.24, 2.45) is 0 Å². The van der Waals surface area contributed by atoms with E-state index in [1.54, 1.807) is 21.1 Å². The lowest BCUT2D eigenvalue weighted by Gasteiger charge is -2.21. The summed E-state index contributed by atoms with van der Waals surface area (Å²) < 4.78 is 10.2. The molecule has 6 radical (unpaired) electrons. The van der Waals surface area contributed by atoms with Gasteiger partial charge < -0.3 is 14.6 Å². The fourth-order valence-corrected chi connectivity index (χ4v) is 2.44. The molecule has 0 unspecified atom stereocenters. The van der Waals surface area contributed by atoms with E-state index in [9.17, 15) is 5.11 Å². The third kappa shape index (κ3) is 2.16. The van der Waals surface area contributed by atoms with Gasteiger partial charge in [0.15, 0.2) is 0 Å². The van der Waals surface area contributed by atoms with Crippen LogP contribution in [0.4, 0.5) is 0 Å². The van der Waals surface area contributed by atoms with Crippen LogP contribution < -0.4 is 0 Å². The summed E-state index contributed by atoms with van der Waals surface area (Å²) in [5.74, 6) is 0. The minimum atomic E-state index is -1.02. The maximum atomic E-state index is 10.2. The molecule has 1 aliphatic carbocycles. The van der Waals surface area contributed by atoms with Gasteiger partial charge in [0.1, 0.15) is 0 Å². The van der Waals surface area contributed by atoms with Crippen LogP contribution in [0.15, 0.2) is 21.5 Å². The number of rotatable bonds is 4. The fourth-order valence-electron chi connectivity index (χ4n) is 1.62. The summed E-state index contributed by atoms with van der Waals surface area (Å²) in [7, 11) is 10.2. The van der Waals surface area contributed by atoms with Gasteiger partial charge in [-0.2, -0.15) is 0 Å². The van der Waals surface area contributed by atoms with Crippen molar-refractivity contribution in [1.82, 2.24) is 0 Å². The molecule has 3 nitrogen and oxygen atoms in total. The number of hydrogen-bond acceptors (Lipinski definition) is 3. The van der Waals surface area contributed by atoms with Crippen LogP contribution >= 0.6 is 0 Å². The third-order valence-electron chi connectivity index (χ3n) is 2.52. The van der Waals surface area contributed by atoms with Gasteiger partial charge in [0.2, 0.25) is 0 Å². The van der Waals surface area contributed by atoms with E-state index < -0.39 is 5.60 Å². The normalized spacial score (nSPS) is 20.4. The molecule has 5 heteroatoms. The van der Waals surface area contributed by atoms with E-state index in [1.165, 1.54) is 0 Å². The molecule has 0 heterocycles. The molecular formula is C10H14O3Si2. The zero-order valence-electron chi connectivity index (χ0n) is 9.18. The summed E-state index contributed by atoms with van der Waals surface area (Å²) in [5, 5.41) is 11.6. The number of aliphatic hydroxyl groups is 1. The highest BCUT2D eigenvalue weighted by Gasteiger charge is 2.36. The molecule has 1 N–H and O–H groups in total. The van der Waals surface area contributed by atoms with Crippen LogP contribution in [0.25, 0.3) is 0 Å². The van der Waals surface area contributed by atoms with Crippen LogP contribution in [0.2, 0.25) is 0 Å². The molecule has 0 fully saturated rings. The average molecular weight is 238 g/mol. The predicted octanol–water partition coefficient (Wildman–Crippen LogP) is -0.111. The maximum Gasteiger partial charge on any atom is 0.0966 e. The Morgan fingerprint density at radius 2 is 1.40 bits per heavy atom. The van der Waals surface area contributed by atoms with Crippen LogP contribution in [0, 0.1) is 0 Å². The van der Waals surface area contributed by atoms with E-state index in [-0.39, 0.29) is 0 Å². The van der Waals surface area contributed by atoms with Gasteiger partial charge in [0, 0.05) is 14.2 Å². The van der Waals surface area contributed by atoms with E-state index >= 15 is 0 Å². The third-order valence-corrected chi connectivity index (χ3v) is 4.10. The Morgan fingerprint density at radius 3 is 1.67 bits per heavy atom. The van der Waals surface area contributed by atoms with Crippen LogP contribution in [-0.4, -0.2) is 58.6 Å². The van der Waals surface area contributed by atoms with Gasteiger partial charge in [-0.25, -0.2) is 0 Å². The summed E-state index contributed by atoms with van der Waals surface area (Å²) in [6.45, 7) is 2.61. The molecule has 0 aliphatic heterocycles. The van der Waals surface area contributed by atoms with Crippen molar-refractivity contribution in [2.75, 3.05) is 27.4 Å². The highest BCUT2D eigenvalue weighted by molar-refractivity contribution is 6.31. The lowest BCUT2D eigenvalue weighted by Crippen LogP contribution is -2.28. The Morgan fingerprint density at radius 1 is 1.07 bits per heavy atom. The highest BCUT2D eigenvalue weighted by Crippen LogP contribution is 2.37. The highest BCUT2D eigenvalue weighted by atomic mass is 28.1. The fraction of sp³-hybridized carbons (Fsp3) is 0.600. The Hall–Kier alpha value is -0.206. The van der Waals surface area contributed by atoms with Gasteiger partial charge in [0.05, 0.1) is 39.3 Å². The molecule has 0 atom stereocenters. The molecule has 1 aliphatic rings. The monoisotopic (exact) mass is 238 g/mol. The second-order valence-corrected chi connectivity index (χ2v) is 4.65. The molecule has 0 spiro atoms. The smallest absolute Gasteiger partial charge is 0.0966 e. The SMILES string of the molecule is COCC1=C([Si])C(C)(O)C([Si])=C1COC. The van der Waals surface area contributed by atoms with Crippen molar-refractivity contribution in [3.05, 3.63) is 21.5 Å². The van der Waals surface area contributed by atoms with Crippen molar-refractivity contribution >= 4 is 20.5 Å². The quantitative estimate of drug-likeness (QED) is 0.695. The van der Waals surface area contributed by atoms with Crippen LogP contribution in [0.3, 0.4) is 0 Å². The van der Waals surface area contributed by atoms with E-state index in [4.69, 9.17) is 9.47 Å². The van der Waals surface area contributed by atoms with E-state index in [1.807, 2.05) is 0 Å². The molecule has 0 amide bonds. The first-order valence-corrected chi connectivity index (χ1v) is 5.57. The van der Waals surface area contributed by atoms with Crippen molar-refractivity contribution in [1.29, 1.82) is 0 Å². The summed E-state index contributed by atoms with van der Waals surface area (Å²) in [6, 6.07) is 0. The first kappa shape index (κ1) is 12.9. The topological polar surface area (TPSA) is 38.7 Å². The maximum absolute atomic E-state index is 10.2.